The van der Waals surface area contributed by atoms with Gasteiger partial charge < -0.3 is 5.32 Å². The van der Waals surface area contributed by atoms with Gasteiger partial charge in [-0.1, -0.05) is 30.7 Å². The van der Waals surface area contributed by atoms with Gasteiger partial charge in [-0.05, 0) is 43.7 Å². The van der Waals surface area contributed by atoms with E-state index in [2.05, 4.69) is 40.2 Å². The lowest BCUT2D eigenvalue weighted by Gasteiger charge is -2.18. The lowest BCUT2D eigenvalue weighted by Crippen LogP contribution is -2.22. The van der Waals surface area contributed by atoms with Crippen molar-refractivity contribution in [2.45, 2.75) is 32.4 Å². The van der Waals surface area contributed by atoms with Gasteiger partial charge in [0, 0.05) is 17.8 Å². The minimum absolute atomic E-state index is 0.273. The van der Waals surface area contributed by atoms with Crippen LogP contribution in [0.3, 0.4) is 0 Å². The fourth-order valence-corrected chi connectivity index (χ4v) is 2.37. The van der Waals surface area contributed by atoms with Crippen LogP contribution in [0.5, 0.6) is 0 Å². The Bertz CT molecular complexity index is 504. The Morgan fingerprint density at radius 1 is 1.26 bits per heavy atom. The molecule has 1 heterocycles. The molecule has 0 aliphatic rings. The Hall–Kier alpha value is -1.32. The highest BCUT2D eigenvalue weighted by atomic mass is 35.5. The maximum atomic E-state index is 5.92. The molecule has 0 saturated heterocycles. The molecule has 2 rings (SSSR count). The summed E-state index contributed by atoms with van der Waals surface area (Å²) >= 11 is 5.92. The predicted molar refractivity (Wildman–Crippen MR) is 79.5 cm³/mol. The van der Waals surface area contributed by atoms with Gasteiger partial charge in [-0.15, -0.1) is 0 Å². The number of nitrogens with zero attached hydrogens (tertiary/aromatic N) is 2. The zero-order valence-corrected chi connectivity index (χ0v) is 12.2. The van der Waals surface area contributed by atoms with Crippen LogP contribution in [-0.4, -0.2) is 16.8 Å². The van der Waals surface area contributed by atoms with Crippen LogP contribution in [0.1, 0.15) is 30.6 Å². The number of likely N-dealkylation sites (N-methyl/N-ethyl adjacent to an activating group) is 1. The highest BCUT2D eigenvalue weighted by Gasteiger charge is 2.14. The van der Waals surface area contributed by atoms with Crippen molar-refractivity contribution in [3.63, 3.8) is 0 Å². The van der Waals surface area contributed by atoms with E-state index in [0.717, 1.165) is 24.4 Å². The molecule has 0 spiro atoms. The van der Waals surface area contributed by atoms with E-state index in [4.69, 9.17) is 11.6 Å². The number of hydrogen-bond acceptors (Lipinski definition) is 2. The number of benzene rings is 1. The maximum absolute atomic E-state index is 5.92. The second-order valence-electron chi connectivity index (χ2n) is 4.65. The number of aromatic nitrogens is 2. The average Bonchev–Trinajstić information content (AvgIpc) is 2.87. The normalized spacial score (nSPS) is 12.6. The zero-order chi connectivity index (χ0) is 13.7. The number of rotatable bonds is 6. The van der Waals surface area contributed by atoms with E-state index in [1.54, 1.807) is 0 Å². The molecule has 1 unspecified atom stereocenters. The van der Waals surface area contributed by atoms with Crippen molar-refractivity contribution in [2.75, 3.05) is 7.05 Å². The minimum atomic E-state index is 0.273. The fraction of sp³-hybridized carbons (Fsp3) is 0.400. The Balaban J connectivity index is 2.15. The summed E-state index contributed by atoms with van der Waals surface area (Å²) in [4.78, 5) is 0. The lowest BCUT2D eigenvalue weighted by molar-refractivity contribution is 0.497. The predicted octanol–water partition coefficient (Wildman–Crippen LogP) is 3.45. The summed E-state index contributed by atoms with van der Waals surface area (Å²) in [7, 11) is 1.99. The molecule has 0 bridgehead atoms. The monoisotopic (exact) mass is 277 g/mol. The number of halogens is 1. The van der Waals surface area contributed by atoms with Gasteiger partial charge in [0.2, 0.25) is 0 Å². The summed E-state index contributed by atoms with van der Waals surface area (Å²) in [5.74, 6) is 0. The van der Waals surface area contributed by atoms with Crippen LogP contribution < -0.4 is 5.32 Å². The first kappa shape index (κ1) is 14.1. The first-order valence-corrected chi connectivity index (χ1v) is 7.05. The SMILES string of the molecule is CCCn1nccc1C(Cc1ccc(Cl)cc1)NC. The molecule has 0 fully saturated rings. The molecule has 0 aliphatic carbocycles. The van der Waals surface area contributed by atoms with Crippen LogP contribution in [0.15, 0.2) is 36.5 Å². The molecular formula is C15H20ClN3. The second kappa shape index (κ2) is 6.73. The molecule has 1 atom stereocenters. The first-order chi connectivity index (χ1) is 9.24. The lowest BCUT2D eigenvalue weighted by atomic mass is 10.0. The molecule has 0 saturated carbocycles. The third-order valence-electron chi connectivity index (χ3n) is 3.24. The highest BCUT2D eigenvalue weighted by Crippen LogP contribution is 2.19. The third-order valence-corrected chi connectivity index (χ3v) is 3.50. The van der Waals surface area contributed by atoms with Crippen molar-refractivity contribution in [1.82, 2.24) is 15.1 Å². The van der Waals surface area contributed by atoms with E-state index in [0.29, 0.717) is 0 Å². The molecule has 1 aromatic heterocycles. The largest absolute Gasteiger partial charge is 0.311 e. The van der Waals surface area contributed by atoms with Crippen molar-refractivity contribution < 1.29 is 0 Å². The van der Waals surface area contributed by atoms with Gasteiger partial charge >= 0.3 is 0 Å². The highest BCUT2D eigenvalue weighted by molar-refractivity contribution is 6.30. The van der Waals surface area contributed by atoms with Crippen LogP contribution >= 0.6 is 11.6 Å². The van der Waals surface area contributed by atoms with Crippen LogP contribution in [-0.2, 0) is 13.0 Å². The quantitative estimate of drug-likeness (QED) is 0.876. The number of nitrogens with one attached hydrogen (secondary N) is 1. The Kier molecular flexibility index (Phi) is 5.00. The van der Waals surface area contributed by atoms with Gasteiger partial charge in [0.15, 0.2) is 0 Å². The van der Waals surface area contributed by atoms with Crippen molar-refractivity contribution in [1.29, 1.82) is 0 Å². The fourth-order valence-electron chi connectivity index (χ4n) is 2.25. The van der Waals surface area contributed by atoms with E-state index in [9.17, 15) is 0 Å². The maximum Gasteiger partial charge on any atom is 0.0556 e. The van der Waals surface area contributed by atoms with Gasteiger partial charge in [-0.3, -0.25) is 4.68 Å². The standard InChI is InChI=1S/C15H20ClN3/c1-3-10-19-15(8-9-18-19)14(17-2)11-12-4-6-13(16)7-5-12/h4-9,14,17H,3,10-11H2,1-2H3. The van der Waals surface area contributed by atoms with E-state index >= 15 is 0 Å². The molecule has 3 nitrogen and oxygen atoms in total. The average molecular weight is 278 g/mol. The minimum Gasteiger partial charge on any atom is -0.311 e. The van der Waals surface area contributed by atoms with E-state index in [1.165, 1.54) is 11.3 Å². The van der Waals surface area contributed by atoms with Crippen molar-refractivity contribution in [3.05, 3.63) is 52.8 Å². The molecule has 4 heteroatoms. The van der Waals surface area contributed by atoms with Gasteiger partial charge in [0.1, 0.15) is 0 Å². The van der Waals surface area contributed by atoms with Gasteiger partial charge in [-0.25, -0.2) is 0 Å². The molecule has 1 N–H and O–H groups in total. The van der Waals surface area contributed by atoms with E-state index in [1.807, 2.05) is 25.4 Å². The van der Waals surface area contributed by atoms with Gasteiger partial charge in [0.05, 0.1) is 11.7 Å². The molecule has 102 valence electrons. The van der Waals surface area contributed by atoms with Gasteiger partial charge in [-0.2, -0.15) is 5.10 Å². The molecule has 19 heavy (non-hydrogen) atoms. The van der Waals surface area contributed by atoms with E-state index in [-0.39, 0.29) is 6.04 Å². The molecule has 0 radical (unpaired) electrons. The number of hydrogen-bond donors (Lipinski definition) is 1. The zero-order valence-electron chi connectivity index (χ0n) is 11.4. The Morgan fingerprint density at radius 2 is 2.00 bits per heavy atom. The summed E-state index contributed by atoms with van der Waals surface area (Å²) < 4.78 is 2.08. The molecule has 1 aromatic carbocycles. The molecular weight excluding hydrogens is 258 g/mol. The Labute approximate surface area is 119 Å². The second-order valence-corrected chi connectivity index (χ2v) is 5.09. The summed E-state index contributed by atoms with van der Waals surface area (Å²) in [5.41, 5.74) is 2.51. The smallest absolute Gasteiger partial charge is 0.0556 e. The van der Waals surface area contributed by atoms with Gasteiger partial charge in [0.25, 0.3) is 0 Å². The summed E-state index contributed by atoms with van der Waals surface area (Å²) in [6.07, 6.45) is 3.90. The summed E-state index contributed by atoms with van der Waals surface area (Å²) in [6, 6.07) is 10.4. The molecule has 0 amide bonds. The van der Waals surface area contributed by atoms with Crippen molar-refractivity contribution in [2.24, 2.45) is 0 Å². The van der Waals surface area contributed by atoms with Crippen molar-refractivity contribution in [3.8, 4) is 0 Å². The van der Waals surface area contributed by atoms with Crippen molar-refractivity contribution >= 4 is 11.6 Å². The Morgan fingerprint density at radius 3 is 2.63 bits per heavy atom. The van der Waals surface area contributed by atoms with Crippen LogP contribution in [0.2, 0.25) is 5.02 Å². The topological polar surface area (TPSA) is 29.9 Å². The van der Waals surface area contributed by atoms with E-state index < -0.39 is 0 Å². The molecule has 0 aliphatic heterocycles. The van der Waals surface area contributed by atoms with Crippen LogP contribution in [0.4, 0.5) is 0 Å². The molecule has 2 aromatic rings. The summed E-state index contributed by atoms with van der Waals surface area (Å²) in [5, 5.41) is 8.54. The van der Waals surface area contributed by atoms with Crippen LogP contribution in [0, 0.1) is 0 Å². The third kappa shape index (κ3) is 3.58. The number of aryl methyl sites for hydroxylation is 1. The summed E-state index contributed by atoms with van der Waals surface area (Å²) in [6.45, 7) is 3.13. The first-order valence-electron chi connectivity index (χ1n) is 6.68. The van der Waals surface area contributed by atoms with Crippen LogP contribution in [0.25, 0.3) is 0 Å².